The summed E-state index contributed by atoms with van der Waals surface area (Å²) in [5.74, 6) is -0.300. The van der Waals surface area contributed by atoms with Crippen molar-refractivity contribution in [2.75, 3.05) is 0 Å². The van der Waals surface area contributed by atoms with Crippen LogP contribution >= 0.6 is 23.2 Å². The highest BCUT2D eigenvalue weighted by molar-refractivity contribution is 6.42. The second kappa shape index (κ2) is 10.7. The second-order valence-electron chi connectivity index (χ2n) is 7.43. The van der Waals surface area contributed by atoms with Gasteiger partial charge in [-0.3, -0.25) is 9.59 Å². The van der Waals surface area contributed by atoms with Crippen molar-refractivity contribution in [2.24, 2.45) is 0 Å². The van der Waals surface area contributed by atoms with E-state index >= 15 is 0 Å². The van der Waals surface area contributed by atoms with E-state index in [1.807, 2.05) is 45.0 Å². The Morgan fingerprint density at radius 1 is 1.03 bits per heavy atom. The predicted octanol–water partition coefficient (Wildman–Crippen LogP) is 5.18. The van der Waals surface area contributed by atoms with Gasteiger partial charge in [-0.15, -0.1) is 0 Å². The normalized spacial score (nSPS) is 12.9. The van der Waals surface area contributed by atoms with Gasteiger partial charge in [-0.2, -0.15) is 0 Å². The number of rotatable bonds is 8. The van der Waals surface area contributed by atoms with Gasteiger partial charge in [-0.1, -0.05) is 66.0 Å². The molecule has 2 atom stereocenters. The smallest absolute Gasteiger partial charge is 0.242 e. The van der Waals surface area contributed by atoms with Crippen LogP contribution in [-0.2, 0) is 22.6 Å². The van der Waals surface area contributed by atoms with E-state index in [0.29, 0.717) is 16.6 Å². The lowest BCUT2D eigenvalue weighted by Crippen LogP contribution is -2.49. The number of amides is 2. The summed E-state index contributed by atoms with van der Waals surface area (Å²) in [5.41, 5.74) is 2.85. The van der Waals surface area contributed by atoms with Crippen LogP contribution in [0, 0.1) is 6.92 Å². The van der Waals surface area contributed by atoms with Crippen LogP contribution in [0.5, 0.6) is 0 Å². The molecule has 2 aromatic carbocycles. The minimum atomic E-state index is -0.597. The first-order valence-electron chi connectivity index (χ1n) is 9.80. The van der Waals surface area contributed by atoms with Crippen LogP contribution in [0.25, 0.3) is 0 Å². The van der Waals surface area contributed by atoms with E-state index in [4.69, 9.17) is 23.2 Å². The third-order valence-corrected chi connectivity index (χ3v) is 5.68. The van der Waals surface area contributed by atoms with Gasteiger partial charge < -0.3 is 10.2 Å². The summed E-state index contributed by atoms with van der Waals surface area (Å²) < 4.78 is 0. The summed E-state index contributed by atoms with van der Waals surface area (Å²) in [6.07, 6.45) is 0.969. The third kappa shape index (κ3) is 6.76. The van der Waals surface area contributed by atoms with E-state index in [2.05, 4.69) is 5.32 Å². The second-order valence-corrected chi connectivity index (χ2v) is 8.24. The molecule has 0 aliphatic carbocycles. The number of carbonyl (C=O) groups is 2. The van der Waals surface area contributed by atoms with Gasteiger partial charge >= 0.3 is 0 Å². The van der Waals surface area contributed by atoms with Crippen molar-refractivity contribution in [3.8, 4) is 0 Å². The highest BCUT2D eigenvalue weighted by Gasteiger charge is 2.27. The van der Waals surface area contributed by atoms with Crippen molar-refractivity contribution in [3.05, 3.63) is 69.2 Å². The molecule has 0 aliphatic rings. The average molecular weight is 435 g/mol. The Balaban J connectivity index is 2.25. The number of benzene rings is 2. The van der Waals surface area contributed by atoms with Crippen LogP contribution < -0.4 is 5.32 Å². The maximum atomic E-state index is 13.2. The van der Waals surface area contributed by atoms with Crippen LogP contribution in [0.15, 0.2) is 42.5 Å². The number of carbonyl (C=O) groups excluding carboxylic acids is 2. The summed E-state index contributed by atoms with van der Waals surface area (Å²) in [6, 6.07) is 12.6. The lowest BCUT2D eigenvalue weighted by molar-refractivity contribution is -0.140. The van der Waals surface area contributed by atoms with Gasteiger partial charge in [0.15, 0.2) is 0 Å². The molecule has 0 aliphatic heterocycles. The molecular weight excluding hydrogens is 407 g/mol. The summed E-state index contributed by atoms with van der Waals surface area (Å²) in [4.78, 5) is 27.5. The standard InChI is InChI=1S/C23H28Cl2N2O2/c1-5-16(3)26-23(29)17(4)27(14-19-8-6-7-15(2)11-19)22(28)13-18-9-10-20(24)21(25)12-18/h6-12,16-17H,5,13-14H2,1-4H3,(H,26,29)/t16-,17+/m1/s1. The molecule has 6 heteroatoms. The van der Waals surface area contributed by atoms with Crippen LogP contribution in [-0.4, -0.2) is 28.8 Å². The molecule has 2 rings (SSSR count). The molecule has 0 aromatic heterocycles. The Labute approximate surface area is 183 Å². The van der Waals surface area contributed by atoms with Gasteiger partial charge in [-0.05, 0) is 50.5 Å². The number of nitrogens with zero attached hydrogens (tertiary/aromatic N) is 1. The number of halogens is 2. The topological polar surface area (TPSA) is 49.4 Å². The fourth-order valence-electron chi connectivity index (χ4n) is 2.98. The molecular formula is C23H28Cl2N2O2. The fraction of sp³-hybridized carbons (Fsp3) is 0.391. The van der Waals surface area contributed by atoms with E-state index in [1.54, 1.807) is 30.0 Å². The largest absolute Gasteiger partial charge is 0.352 e. The van der Waals surface area contributed by atoms with Crippen molar-refractivity contribution in [1.29, 1.82) is 0 Å². The van der Waals surface area contributed by atoms with Gasteiger partial charge in [0.2, 0.25) is 11.8 Å². The molecule has 2 aromatic rings. The molecule has 0 spiro atoms. The molecule has 0 fully saturated rings. The van der Waals surface area contributed by atoms with Crippen molar-refractivity contribution in [2.45, 2.75) is 59.2 Å². The summed E-state index contributed by atoms with van der Waals surface area (Å²) in [6.45, 7) is 8.09. The SMILES string of the molecule is CC[C@@H](C)NC(=O)[C@H](C)N(Cc1cccc(C)c1)C(=O)Cc1ccc(Cl)c(Cl)c1. The van der Waals surface area contributed by atoms with E-state index < -0.39 is 6.04 Å². The van der Waals surface area contributed by atoms with Crippen LogP contribution in [0.3, 0.4) is 0 Å². The Bertz CT molecular complexity index is 870. The Morgan fingerprint density at radius 2 is 1.76 bits per heavy atom. The van der Waals surface area contributed by atoms with E-state index in [1.165, 1.54) is 0 Å². The lowest BCUT2D eigenvalue weighted by Gasteiger charge is -2.30. The zero-order valence-corrected chi connectivity index (χ0v) is 18.8. The van der Waals surface area contributed by atoms with Crippen molar-refractivity contribution in [1.82, 2.24) is 10.2 Å². The third-order valence-electron chi connectivity index (χ3n) is 4.94. The van der Waals surface area contributed by atoms with Crippen molar-refractivity contribution < 1.29 is 9.59 Å². The Kier molecular flexibility index (Phi) is 8.54. The first-order valence-corrected chi connectivity index (χ1v) is 10.6. The Hall–Kier alpha value is -2.04. The molecule has 29 heavy (non-hydrogen) atoms. The molecule has 0 saturated carbocycles. The number of aryl methyl sites for hydroxylation is 1. The van der Waals surface area contributed by atoms with Gasteiger partial charge in [-0.25, -0.2) is 0 Å². The highest BCUT2D eigenvalue weighted by Crippen LogP contribution is 2.23. The van der Waals surface area contributed by atoms with Gasteiger partial charge in [0.1, 0.15) is 6.04 Å². The quantitative estimate of drug-likeness (QED) is 0.622. The fourth-order valence-corrected chi connectivity index (χ4v) is 3.30. The predicted molar refractivity (Wildman–Crippen MR) is 119 cm³/mol. The molecule has 2 amide bonds. The molecule has 0 bridgehead atoms. The van der Waals surface area contributed by atoms with E-state index in [0.717, 1.165) is 23.1 Å². The monoisotopic (exact) mass is 434 g/mol. The Morgan fingerprint density at radius 3 is 2.38 bits per heavy atom. The lowest BCUT2D eigenvalue weighted by atomic mass is 10.1. The average Bonchev–Trinajstić information content (AvgIpc) is 2.68. The minimum Gasteiger partial charge on any atom is -0.352 e. The summed E-state index contributed by atoms with van der Waals surface area (Å²) >= 11 is 12.1. The van der Waals surface area contributed by atoms with Crippen molar-refractivity contribution >= 4 is 35.0 Å². The number of hydrogen-bond acceptors (Lipinski definition) is 2. The maximum absolute atomic E-state index is 13.2. The van der Waals surface area contributed by atoms with Gasteiger partial charge in [0, 0.05) is 12.6 Å². The maximum Gasteiger partial charge on any atom is 0.242 e. The molecule has 0 heterocycles. The highest BCUT2D eigenvalue weighted by atomic mass is 35.5. The zero-order chi connectivity index (χ0) is 21.6. The molecule has 0 saturated heterocycles. The van der Waals surface area contributed by atoms with E-state index in [9.17, 15) is 9.59 Å². The molecule has 156 valence electrons. The summed E-state index contributed by atoms with van der Waals surface area (Å²) in [5, 5.41) is 3.82. The molecule has 4 nitrogen and oxygen atoms in total. The first-order chi connectivity index (χ1) is 13.7. The van der Waals surface area contributed by atoms with Gasteiger partial charge in [0.25, 0.3) is 0 Å². The molecule has 0 unspecified atom stereocenters. The zero-order valence-electron chi connectivity index (χ0n) is 17.3. The number of hydrogen-bond donors (Lipinski definition) is 1. The summed E-state index contributed by atoms with van der Waals surface area (Å²) in [7, 11) is 0. The van der Waals surface area contributed by atoms with Crippen LogP contribution in [0.1, 0.15) is 43.9 Å². The van der Waals surface area contributed by atoms with Gasteiger partial charge in [0.05, 0.1) is 16.5 Å². The number of nitrogens with one attached hydrogen (secondary N) is 1. The first kappa shape index (κ1) is 23.2. The van der Waals surface area contributed by atoms with E-state index in [-0.39, 0.29) is 24.3 Å². The van der Waals surface area contributed by atoms with Crippen LogP contribution in [0.2, 0.25) is 10.0 Å². The molecule has 1 N–H and O–H groups in total. The van der Waals surface area contributed by atoms with Crippen LogP contribution in [0.4, 0.5) is 0 Å². The molecule has 0 radical (unpaired) electrons. The van der Waals surface area contributed by atoms with Crippen molar-refractivity contribution in [3.63, 3.8) is 0 Å². The minimum absolute atomic E-state index is 0.0518.